The number of hydrogen-bond donors (Lipinski definition) is 6. The van der Waals surface area contributed by atoms with Crippen molar-refractivity contribution in [2.45, 2.75) is 39.8 Å². The van der Waals surface area contributed by atoms with Crippen LogP contribution in [0.15, 0.2) is 9.98 Å². The quantitative estimate of drug-likeness (QED) is 0.0389. The fourth-order valence-corrected chi connectivity index (χ4v) is 2.51. The van der Waals surface area contributed by atoms with Crippen LogP contribution < -0.4 is 77.1 Å². The molecule has 0 aromatic heterocycles. The van der Waals surface area contributed by atoms with Crippen molar-refractivity contribution >= 4 is 35.3 Å². The van der Waals surface area contributed by atoms with E-state index in [1.165, 1.54) is 27.7 Å². The standard InChI is InChI=1S/2C12H24N4O4.2ClH.2Co.4H2O/c2*1-9(11(17)18)15-7-5-13-3-4-14-6-8-16-10(2)12(19)20;;;;;;;;/h2*9,13-15H,3-8H2,1-2H3,(H,17,18)(H,19,20);2*1H;;;4*1H2/q;;;;2*+3;;;;/p-6/t2*9-;;;;;;;;/m10......../s1. The summed E-state index contributed by atoms with van der Waals surface area (Å²) in [6.45, 7) is 13.1. The molecule has 24 heteroatoms. The van der Waals surface area contributed by atoms with E-state index in [9.17, 15) is 39.6 Å². The predicted octanol–water partition coefficient (Wildman–Crippen LogP) is -17.1. The minimum atomic E-state index is -1.25. The van der Waals surface area contributed by atoms with Gasteiger partial charge in [-0.1, -0.05) is 0 Å². The molecule has 48 heavy (non-hydrogen) atoms. The Labute approximate surface area is 314 Å². The number of aliphatic imine (C=N–C) groups is 2. The Morgan fingerprint density at radius 3 is 0.958 bits per heavy atom. The molecule has 20 nitrogen and oxygen atoms in total. The SMILES string of the molecule is CC(=NCCNCCNCCN[C@@H](C)C(=O)[O-])C(=O)[O-].CC(=NCCNCCNCCN[C@H](C)C(=O)[O-])C(=O)[O-].O.O.O.O.[Cl-].[Cl-].[Co+3].[Co+3]. The second kappa shape index (κ2) is 49.8. The zero-order chi connectivity index (χ0) is 30.8. The maximum atomic E-state index is 10.4. The Hall–Kier alpha value is -1.59. The minimum Gasteiger partial charge on any atom is -1.00 e. The van der Waals surface area contributed by atoms with Gasteiger partial charge in [0, 0.05) is 77.5 Å². The summed E-state index contributed by atoms with van der Waals surface area (Å²) in [4.78, 5) is 49.1. The van der Waals surface area contributed by atoms with Gasteiger partial charge in [0.25, 0.3) is 0 Å². The van der Waals surface area contributed by atoms with Gasteiger partial charge in [-0.05, 0) is 27.7 Å². The minimum absolute atomic E-state index is 0. The zero-order valence-electron chi connectivity index (χ0n) is 27.2. The molecule has 0 unspecified atom stereocenters. The van der Waals surface area contributed by atoms with Crippen LogP contribution in [0.4, 0.5) is 0 Å². The van der Waals surface area contributed by atoms with Gasteiger partial charge in [-0.3, -0.25) is 9.98 Å². The maximum absolute atomic E-state index is 10.4. The Balaban J connectivity index is -0.0000000645. The topological polar surface area (TPSA) is 383 Å². The molecule has 0 aliphatic rings. The van der Waals surface area contributed by atoms with Crippen molar-refractivity contribution in [2.75, 3.05) is 78.5 Å². The summed E-state index contributed by atoms with van der Waals surface area (Å²) in [6.07, 6.45) is 0. The first-order valence-corrected chi connectivity index (χ1v) is 13.1. The van der Waals surface area contributed by atoms with Crippen LogP contribution in [-0.4, -0.2) is 148 Å². The molecule has 0 aromatic carbocycles. The number of halogens is 2. The first-order chi connectivity index (χ1) is 18.9. The van der Waals surface area contributed by atoms with E-state index in [0.717, 1.165) is 26.2 Å². The van der Waals surface area contributed by atoms with Gasteiger partial charge >= 0.3 is 33.6 Å². The predicted molar refractivity (Wildman–Crippen MR) is 157 cm³/mol. The van der Waals surface area contributed by atoms with Crippen molar-refractivity contribution in [3.05, 3.63) is 0 Å². The summed E-state index contributed by atoms with van der Waals surface area (Å²) in [5.41, 5.74) is -0.00363. The van der Waals surface area contributed by atoms with Crippen molar-refractivity contribution in [1.82, 2.24) is 31.9 Å². The monoisotopic (exact) mass is 832 g/mol. The molecule has 0 saturated heterocycles. The van der Waals surface area contributed by atoms with Gasteiger partial charge in [0.15, 0.2) is 0 Å². The van der Waals surface area contributed by atoms with Crippen LogP contribution in [0, 0.1) is 0 Å². The molecular weight excluding hydrogens is 781 g/mol. The molecule has 292 valence electrons. The maximum Gasteiger partial charge on any atom is 3.00 e. The second-order valence-electron chi connectivity index (χ2n) is 8.50. The average Bonchev–Trinajstić information content (AvgIpc) is 2.90. The molecule has 0 spiro atoms. The second-order valence-corrected chi connectivity index (χ2v) is 8.50. The van der Waals surface area contributed by atoms with Crippen LogP contribution in [0.2, 0.25) is 0 Å². The van der Waals surface area contributed by atoms with Crippen molar-refractivity contribution in [2.24, 2.45) is 9.98 Å². The van der Waals surface area contributed by atoms with Gasteiger partial charge in [0.2, 0.25) is 0 Å². The van der Waals surface area contributed by atoms with Crippen molar-refractivity contribution < 1.29 is 120 Å². The van der Waals surface area contributed by atoms with E-state index < -0.39 is 36.0 Å². The van der Waals surface area contributed by atoms with E-state index in [-0.39, 0.29) is 91.7 Å². The number of nitrogens with one attached hydrogen (secondary N) is 6. The first-order valence-electron chi connectivity index (χ1n) is 13.1. The molecule has 0 radical (unpaired) electrons. The van der Waals surface area contributed by atoms with Crippen LogP contribution in [0.3, 0.4) is 0 Å². The smallest absolute Gasteiger partial charge is 1.00 e. The Bertz CT molecular complexity index is 763. The Morgan fingerprint density at radius 2 is 0.729 bits per heavy atom. The number of hydrogen-bond acceptors (Lipinski definition) is 16. The molecular formula is C24H52Cl2Co2N8O12. The van der Waals surface area contributed by atoms with E-state index >= 15 is 0 Å². The molecule has 2 atom stereocenters. The van der Waals surface area contributed by atoms with Gasteiger partial charge in [0.1, 0.15) is 0 Å². The third kappa shape index (κ3) is 51.3. The van der Waals surface area contributed by atoms with Gasteiger partial charge in [-0.25, -0.2) is 0 Å². The number of rotatable bonds is 24. The molecule has 0 bridgehead atoms. The van der Waals surface area contributed by atoms with E-state index in [1.807, 2.05) is 0 Å². The molecule has 14 N–H and O–H groups in total. The fraction of sp³-hybridized carbons (Fsp3) is 0.750. The largest absolute Gasteiger partial charge is 3.00 e. The number of carboxylic acids is 4. The van der Waals surface area contributed by atoms with Crippen LogP contribution in [0.1, 0.15) is 27.7 Å². The van der Waals surface area contributed by atoms with Crippen LogP contribution in [0.25, 0.3) is 0 Å². The fourth-order valence-electron chi connectivity index (χ4n) is 2.51. The van der Waals surface area contributed by atoms with Crippen molar-refractivity contribution in [3.8, 4) is 0 Å². The molecule has 0 aromatic rings. The van der Waals surface area contributed by atoms with E-state index in [1.54, 1.807) is 0 Å². The van der Waals surface area contributed by atoms with E-state index in [0.29, 0.717) is 52.4 Å². The molecule has 0 heterocycles. The van der Waals surface area contributed by atoms with Gasteiger partial charge < -0.3 is 118 Å². The number of aliphatic carboxylic acids is 4. The van der Waals surface area contributed by atoms with Crippen molar-refractivity contribution in [1.29, 1.82) is 0 Å². The normalized spacial score (nSPS) is 11.0. The summed E-state index contributed by atoms with van der Waals surface area (Å²) in [7, 11) is 0. The first kappa shape index (κ1) is 72.2. The van der Waals surface area contributed by atoms with E-state index in [2.05, 4.69) is 41.9 Å². The van der Waals surface area contributed by atoms with Gasteiger partial charge in [0.05, 0.1) is 48.4 Å². The Morgan fingerprint density at radius 1 is 0.500 bits per heavy atom. The summed E-state index contributed by atoms with van der Waals surface area (Å²) >= 11 is 0. The average molecular weight is 833 g/mol. The Kier molecular flexibility index (Phi) is 74.9. The zero-order valence-corrected chi connectivity index (χ0v) is 30.8. The summed E-state index contributed by atoms with van der Waals surface area (Å²) in [6, 6.07) is -1.31. The van der Waals surface area contributed by atoms with Crippen LogP contribution in [0.5, 0.6) is 0 Å². The number of carboxylic acid groups (broad SMARTS) is 4. The summed E-state index contributed by atoms with van der Waals surface area (Å²) in [5.74, 6) is -4.71. The number of carbonyl (C=O) groups excluding carboxylic acids is 4. The van der Waals surface area contributed by atoms with Gasteiger partial charge in [-0.2, -0.15) is 0 Å². The van der Waals surface area contributed by atoms with Crippen molar-refractivity contribution in [3.63, 3.8) is 0 Å². The third-order valence-electron chi connectivity index (χ3n) is 5.03. The van der Waals surface area contributed by atoms with Gasteiger partial charge in [-0.15, -0.1) is 0 Å². The van der Waals surface area contributed by atoms with E-state index in [4.69, 9.17) is 0 Å². The molecule has 0 aliphatic carbocycles. The molecule has 0 fully saturated rings. The summed E-state index contributed by atoms with van der Waals surface area (Å²) in [5, 5.41) is 59.5. The third-order valence-corrected chi connectivity index (χ3v) is 5.03. The van der Waals surface area contributed by atoms with Crippen LogP contribution >= 0.6 is 0 Å². The molecule has 0 amide bonds. The summed E-state index contributed by atoms with van der Waals surface area (Å²) < 4.78 is 0. The number of nitrogens with zero attached hydrogens (tertiary/aromatic N) is 2. The molecule has 0 aliphatic heterocycles. The van der Waals surface area contributed by atoms with Crippen LogP contribution in [-0.2, 0) is 52.7 Å². The molecule has 0 saturated carbocycles. The molecule has 0 rings (SSSR count). The number of carbonyl (C=O) groups is 4.